The fourth-order valence-corrected chi connectivity index (χ4v) is 2.00. The summed E-state index contributed by atoms with van der Waals surface area (Å²) in [6.07, 6.45) is -4.20. The number of methoxy groups -OCH3 is 1. The molecule has 1 rings (SSSR count). The zero-order valence-corrected chi connectivity index (χ0v) is 11.6. The van der Waals surface area contributed by atoms with Crippen LogP contribution < -0.4 is 16.0 Å². The molecule has 7 heteroatoms. The normalized spacial score (nSPS) is 16.6. The third-order valence-corrected chi connectivity index (χ3v) is 3.40. The van der Waals surface area contributed by atoms with Crippen molar-refractivity contribution in [3.63, 3.8) is 0 Å². The predicted molar refractivity (Wildman–Crippen MR) is 68.9 cm³/mol. The van der Waals surface area contributed by atoms with Gasteiger partial charge in [0.25, 0.3) is 0 Å². The molecule has 0 spiro atoms. The molecule has 2 atom stereocenters. The van der Waals surface area contributed by atoms with Crippen LogP contribution in [-0.2, 0) is 4.74 Å². The minimum absolute atomic E-state index is 0.290. The van der Waals surface area contributed by atoms with E-state index >= 15 is 0 Å². The molecule has 3 N–H and O–H groups in total. The third-order valence-electron chi connectivity index (χ3n) is 3.40. The second-order valence-corrected chi connectivity index (χ2v) is 4.56. The van der Waals surface area contributed by atoms with E-state index < -0.39 is 18.0 Å². The predicted octanol–water partition coefficient (Wildman–Crippen LogP) is 2.90. The maximum Gasteiger partial charge on any atom is 0.573 e. The highest BCUT2D eigenvalue weighted by Crippen LogP contribution is 2.37. The first-order valence-electron chi connectivity index (χ1n) is 6.13. The summed E-state index contributed by atoms with van der Waals surface area (Å²) in [5.41, 5.74) is 2.04. The van der Waals surface area contributed by atoms with E-state index in [1.54, 1.807) is 13.0 Å². The molecule has 0 aliphatic carbocycles. The van der Waals surface area contributed by atoms with Gasteiger partial charge in [0.05, 0.1) is 11.6 Å². The van der Waals surface area contributed by atoms with Crippen molar-refractivity contribution in [3.05, 3.63) is 29.8 Å². The SMILES string of the molecule is CCC(C)(OC)C(NN)c1ccccc1OC(F)(F)F. The summed E-state index contributed by atoms with van der Waals surface area (Å²) < 4.78 is 46.8. The molecule has 4 nitrogen and oxygen atoms in total. The highest BCUT2D eigenvalue weighted by atomic mass is 19.4. The van der Waals surface area contributed by atoms with Gasteiger partial charge in [-0.25, -0.2) is 5.43 Å². The molecule has 2 unspecified atom stereocenters. The van der Waals surface area contributed by atoms with Gasteiger partial charge in [-0.15, -0.1) is 13.2 Å². The zero-order valence-electron chi connectivity index (χ0n) is 11.6. The molecule has 0 saturated carbocycles. The minimum atomic E-state index is -4.76. The van der Waals surface area contributed by atoms with Crippen molar-refractivity contribution in [1.29, 1.82) is 0 Å². The summed E-state index contributed by atoms with van der Waals surface area (Å²) in [5, 5.41) is 0. The second kappa shape index (κ2) is 6.43. The summed E-state index contributed by atoms with van der Waals surface area (Å²) in [6, 6.07) is 5.22. The van der Waals surface area contributed by atoms with Crippen LogP contribution in [0, 0.1) is 0 Å². The Hall–Kier alpha value is -1.31. The average Bonchev–Trinajstić information content (AvgIpc) is 2.39. The lowest BCUT2D eigenvalue weighted by molar-refractivity contribution is -0.275. The Labute approximate surface area is 116 Å². The van der Waals surface area contributed by atoms with Gasteiger partial charge >= 0.3 is 6.36 Å². The Morgan fingerprint density at radius 2 is 1.90 bits per heavy atom. The van der Waals surface area contributed by atoms with Gasteiger partial charge in [-0.1, -0.05) is 25.1 Å². The van der Waals surface area contributed by atoms with Crippen LogP contribution in [0.25, 0.3) is 0 Å². The number of ether oxygens (including phenoxy) is 2. The number of para-hydroxylation sites is 1. The van der Waals surface area contributed by atoms with E-state index in [4.69, 9.17) is 10.6 Å². The van der Waals surface area contributed by atoms with Crippen LogP contribution >= 0.6 is 0 Å². The standard InChI is InChI=1S/C13H19F3N2O2/c1-4-12(2,19-3)11(18-17)9-7-5-6-8-10(9)20-13(14,15)16/h5-8,11,18H,4,17H2,1-3H3. The quantitative estimate of drug-likeness (QED) is 0.625. The summed E-state index contributed by atoms with van der Waals surface area (Å²) in [6.45, 7) is 3.63. The van der Waals surface area contributed by atoms with E-state index in [9.17, 15) is 13.2 Å². The van der Waals surface area contributed by atoms with Crippen molar-refractivity contribution in [2.75, 3.05) is 7.11 Å². The monoisotopic (exact) mass is 292 g/mol. The number of hydrogen-bond donors (Lipinski definition) is 2. The number of nitrogens with one attached hydrogen (secondary N) is 1. The zero-order chi connectivity index (χ0) is 15.4. The third kappa shape index (κ3) is 3.84. The molecule has 0 bridgehead atoms. The van der Waals surface area contributed by atoms with E-state index in [2.05, 4.69) is 10.2 Å². The van der Waals surface area contributed by atoms with Gasteiger partial charge in [0, 0.05) is 12.7 Å². The summed E-state index contributed by atoms with van der Waals surface area (Å²) in [4.78, 5) is 0. The summed E-state index contributed by atoms with van der Waals surface area (Å²) in [5.74, 6) is 5.22. The van der Waals surface area contributed by atoms with E-state index in [0.29, 0.717) is 12.0 Å². The van der Waals surface area contributed by atoms with Gasteiger partial charge in [0.1, 0.15) is 5.75 Å². The molecule has 0 aromatic heterocycles. The maximum atomic E-state index is 12.4. The smallest absolute Gasteiger partial charge is 0.405 e. The van der Waals surface area contributed by atoms with Crippen molar-refractivity contribution >= 4 is 0 Å². The number of halogens is 3. The molecule has 20 heavy (non-hydrogen) atoms. The highest BCUT2D eigenvalue weighted by Gasteiger charge is 2.38. The molecule has 114 valence electrons. The van der Waals surface area contributed by atoms with Crippen LogP contribution in [-0.4, -0.2) is 19.1 Å². The lowest BCUT2D eigenvalue weighted by Gasteiger charge is -2.36. The number of benzene rings is 1. The van der Waals surface area contributed by atoms with Crippen molar-refractivity contribution in [3.8, 4) is 5.75 Å². The van der Waals surface area contributed by atoms with E-state index in [-0.39, 0.29) is 5.75 Å². The first-order chi connectivity index (χ1) is 9.27. The molecule has 0 saturated heterocycles. The van der Waals surface area contributed by atoms with Gasteiger partial charge in [-0.2, -0.15) is 0 Å². The van der Waals surface area contributed by atoms with Crippen LogP contribution in [0.3, 0.4) is 0 Å². The topological polar surface area (TPSA) is 56.5 Å². The van der Waals surface area contributed by atoms with Crippen molar-refractivity contribution in [2.24, 2.45) is 5.84 Å². The molecule has 0 radical (unpaired) electrons. The summed E-state index contributed by atoms with van der Waals surface area (Å²) in [7, 11) is 1.49. The largest absolute Gasteiger partial charge is 0.573 e. The Kier molecular flexibility index (Phi) is 5.38. The van der Waals surface area contributed by atoms with Gasteiger partial charge in [-0.05, 0) is 19.4 Å². The van der Waals surface area contributed by atoms with Crippen LogP contribution in [0.5, 0.6) is 5.75 Å². The van der Waals surface area contributed by atoms with E-state index in [0.717, 1.165) is 0 Å². The number of hydrazine groups is 1. The van der Waals surface area contributed by atoms with Crippen molar-refractivity contribution < 1.29 is 22.6 Å². The molecule has 0 aliphatic rings. The number of rotatable bonds is 6. The Morgan fingerprint density at radius 3 is 2.35 bits per heavy atom. The first-order valence-corrected chi connectivity index (χ1v) is 6.13. The average molecular weight is 292 g/mol. The van der Waals surface area contributed by atoms with Crippen LogP contribution in [0.4, 0.5) is 13.2 Å². The van der Waals surface area contributed by atoms with Gasteiger partial charge in [-0.3, -0.25) is 5.84 Å². The second-order valence-electron chi connectivity index (χ2n) is 4.56. The molecular formula is C13H19F3N2O2. The van der Waals surface area contributed by atoms with E-state index in [1.807, 2.05) is 6.92 Å². The van der Waals surface area contributed by atoms with Gasteiger partial charge in [0.2, 0.25) is 0 Å². The lowest BCUT2D eigenvalue weighted by Crippen LogP contribution is -2.46. The Bertz CT molecular complexity index is 434. The summed E-state index contributed by atoms with van der Waals surface area (Å²) >= 11 is 0. The fraction of sp³-hybridized carbons (Fsp3) is 0.538. The Balaban J connectivity index is 3.22. The van der Waals surface area contributed by atoms with Crippen LogP contribution in [0.2, 0.25) is 0 Å². The fourth-order valence-electron chi connectivity index (χ4n) is 2.00. The van der Waals surface area contributed by atoms with Gasteiger partial charge in [0.15, 0.2) is 0 Å². The van der Waals surface area contributed by atoms with Crippen molar-refractivity contribution in [2.45, 2.75) is 38.3 Å². The highest BCUT2D eigenvalue weighted by molar-refractivity contribution is 5.37. The molecule has 0 aliphatic heterocycles. The molecule has 1 aromatic carbocycles. The first kappa shape index (κ1) is 16.7. The van der Waals surface area contributed by atoms with Gasteiger partial charge < -0.3 is 9.47 Å². The Morgan fingerprint density at radius 1 is 1.30 bits per heavy atom. The molecule has 0 fully saturated rings. The number of nitrogens with two attached hydrogens (primary N) is 1. The van der Waals surface area contributed by atoms with E-state index in [1.165, 1.54) is 25.3 Å². The molecular weight excluding hydrogens is 273 g/mol. The molecule has 1 aromatic rings. The van der Waals surface area contributed by atoms with Crippen LogP contribution in [0.1, 0.15) is 31.9 Å². The van der Waals surface area contributed by atoms with Crippen molar-refractivity contribution in [1.82, 2.24) is 5.43 Å². The van der Waals surface area contributed by atoms with Crippen LogP contribution in [0.15, 0.2) is 24.3 Å². The minimum Gasteiger partial charge on any atom is -0.405 e. The molecule has 0 amide bonds. The maximum absolute atomic E-state index is 12.4. The lowest BCUT2D eigenvalue weighted by atomic mass is 9.87. The number of hydrogen-bond acceptors (Lipinski definition) is 4. The number of alkyl halides is 3. The molecule has 0 heterocycles.